The molecule has 1 aliphatic carbocycles. The molecule has 4 heteroatoms. The van der Waals surface area contributed by atoms with Gasteiger partial charge >= 0.3 is 0 Å². The molecular weight excluding hydrogens is 298 g/mol. The van der Waals surface area contributed by atoms with Crippen LogP contribution in [-0.4, -0.2) is 15.7 Å². The third-order valence-corrected chi connectivity index (χ3v) is 4.83. The van der Waals surface area contributed by atoms with Crippen LogP contribution in [0.1, 0.15) is 56.7 Å². The lowest BCUT2D eigenvalue weighted by molar-refractivity contribution is -0.115. The molecule has 0 spiro atoms. The van der Waals surface area contributed by atoms with Crippen LogP contribution < -0.4 is 5.32 Å². The van der Waals surface area contributed by atoms with E-state index in [2.05, 4.69) is 48.5 Å². The minimum Gasteiger partial charge on any atom is -0.311 e. The van der Waals surface area contributed by atoms with Gasteiger partial charge in [0.15, 0.2) is 0 Å². The van der Waals surface area contributed by atoms with E-state index in [0.717, 1.165) is 17.8 Å². The molecule has 24 heavy (non-hydrogen) atoms. The van der Waals surface area contributed by atoms with Gasteiger partial charge in [-0.2, -0.15) is 5.10 Å². The lowest BCUT2D eigenvalue weighted by Gasteiger charge is -2.15. The highest BCUT2D eigenvalue weighted by Crippen LogP contribution is 2.40. The van der Waals surface area contributed by atoms with E-state index >= 15 is 0 Å². The van der Waals surface area contributed by atoms with E-state index in [-0.39, 0.29) is 5.91 Å². The van der Waals surface area contributed by atoms with Crippen molar-refractivity contribution >= 4 is 11.7 Å². The molecule has 0 aliphatic heterocycles. The fourth-order valence-corrected chi connectivity index (χ4v) is 3.09. The number of rotatable bonds is 8. The summed E-state index contributed by atoms with van der Waals surface area (Å²) in [5.74, 6) is 1.52. The molecule has 2 aromatic rings. The number of carbonyl (C=O) groups excluding carboxylic acids is 1. The molecule has 0 bridgehead atoms. The van der Waals surface area contributed by atoms with Gasteiger partial charge in [-0.25, -0.2) is 4.68 Å². The summed E-state index contributed by atoms with van der Waals surface area (Å²) in [6, 6.07) is 10.6. The van der Waals surface area contributed by atoms with Gasteiger partial charge in [-0.05, 0) is 49.7 Å². The van der Waals surface area contributed by atoms with Crippen LogP contribution in [0.2, 0.25) is 0 Å². The summed E-state index contributed by atoms with van der Waals surface area (Å²) in [5, 5.41) is 7.39. The van der Waals surface area contributed by atoms with Crippen LogP contribution in [0, 0.1) is 5.92 Å². The lowest BCUT2D eigenvalue weighted by Crippen LogP contribution is -2.19. The highest BCUT2D eigenvalue weighted by molar-refractivity contribution is 5.91. The second-order valence-electron chi connectivity index (χ2n) is 6.88. The lowest BCUT2D eigenvalue weighted by atomic mass is 10.0. The summed E-state index contributed by atoms with van der Waals surface area (Å²) in [6.45, 7) is 4.38. The molecule has 1 amide bonds. The van der Waals surface area contributed by atoms with Crippen LogP contribution in [0.4, 0.5) is 5.82 Å². The Morgan fingerprint density at radius 1 is 1.25 bits per heavy atom. The van der Waals surface area contributed by atoms with Crippen LogP contribution >= 0.6 is 0 Å². The Labute approximate surface area is 144 Å². The number of nitrogens with zero attached hydrogens (tertiary/aromatic N) is 2. The third-order valence-electron chi connectivity index (χ3n) is 4.83. The van der Waals surface area contributed by atoms with E-state index in [0.29, 0.717) is 18.4 Å². The van der Waals surface area contributed by atoms with Gasteiger partial charge in [-0.3, -0.25) is 4.79 Å². The van der Waals surface area contributed by atoms with Crippen LogP contribution in [-0.2, 0) is 17.6 Å². The first kappa shape index (κ1) is 16.7. The highest BCUT2D eigenvalue weighted by atomic mass is 16.1. The molecule has 1 unspecified atom stereocenters. The van der Waals surface area contributed by atoms with Crippen molar-refractivity contribution in [3.63, 3.8) is 0 Å². The van der Waals surface area contributed by atoms with Crippen molar-refractivity contribution in [2.45, 2.75) is 58.4 Å². The first-order chi connectivity index (χ1) is 11.7. The molecule has 128 valence electrons. The Balaban J connectivity index is 1.57. The largest absolute Gasteiger partial charge is 0.311 e. The molecule has 1 aliphatic rings. The van der Waals surface area contributed by atoms with Crippen molar-refractivity contribution in [1.82, 2.24) is 9.78 Å². The number of aromatic nitrogens is 2. The molecule has 1 fully saturated rings. The maximum Gasteiger partial charge on any atom is 0.229 e. The van der Waals surface area contributed by atoms with Gasteiger partial charge in [0.1, 0.15) is 5.82 Å². The SMILES string of the molecule is CCCCc1ccc(CC(=O)Nc2ccnn2C(C)C2CC2)cc1. The molecule has 1 N–H and O–H groups in total. The van der Waals surface area contributed by atoms with Crippen LogP contribution in [0.3, 0.4) is 0 Å². The van der Waals surface area contributed by atoms with E-state index in [9.17, 15) is 4.79 Å². The standard InChI is InChI=1S/C20H27N3O/c1-3-4-5-16-6-8-17(9-7-16)14-20(24)22-19-12-13-21-23(19)15(2)18-10-11-18/h6-9,12-13,15,18H,3-5,10-11,14H2,1-2H3,(H,22,24). The zero-order valence-electron chi connectivity index (χ0n) is 14.7. The average molecular weight is 325 g/mol. The molecule has 1 aromatic heterocycles. The number of anilines is 1. The first-order valence-electron chi connectivity index (χ1n) is 9.08. The van der Waals surface area contributed by atoms with Gasteiger partial charge in [-0.1, -0.05) is 37.6 Å². The highest BCUT2D eigenvalue weighted by Gasteiger charge is 2.30. The van der Waals surface area contributed by atoms with Gasteiger partial charge in [0, 0.05) is 6.07 Å². The molecule has 1 saturated carbocycles. The number of hydrogen-bond donors (Lipinski definition) is 1. The monoisotopic (exact) mass is 325 g/mol. The number of hydrogen-bond acceptors (Lipinski definition) is 2. The summed E-state index contributed by atoms with van der Waals surface area (Å²) in [4.78, 5) is 12.3. The minimum absolute atomic E-state index is 0.0149. The van der Waals surface area contributed by atoms with Crippen molar-refractivity contribution in [2.75, 3.05) is 5.32 Å². The summed E-state index contributed by atoms with van der Waals surface area (Å²) < 4.78 is 1.95. The molecule has 1 heterocycles. The van der Waals surface area contributed by atoms with Crippen LogP contribution in [0.25, 0.3) is 0 Å². The van der Waals surface area contributed by atoms with Crippen LogP contribution in [0.15, 0.2) is 36.5 Å². The number of nitrogens with one attached hydrogen (secondary N) is 1. The number of carbonyl (C=O) groups is 1. The first-order valence-corrected chi connectivity index (χ1v) is 9.08. The third kappa shape index (κ3) is 4.25. The number of amides is 1. The smallest absolute Gasteiger partial charge is 0.229 e. The number of aryl methyl sites for hydroxylation is 1. The number of unbranched alkanes of at least 4 members (excludes halogenated alkanes) is 1. The van der Waals surface area contributed by atoms with Gasteiger partial charge in [0.25, 0.3) is 0 Å². The van der Waals surface area contributed by atoms with E-state index in [1.54, 1.807) is 6.20 Å². The van der Waals surface area contributed by atoms with Crippen molar-refractivity contribution < 1.29 is 4.79 Å². The topological polar surface area (TPSA) is 46.9 Å². The van der Waals surface area contributed by atoms with Gasteiger partial charge < -0.3 is 5.32 Å². The van der Waals surface area contributed by atoms with Crippen molar-refractivity contribution in [3.8, 4) is 0 Å². The summed E-state index contributed by atoms with van der Waals surface area (Å²) in [7, 11) is 0. The Hall–Kier alpha value is -2.10. The molecule has 4 nitrogen and oxygen atoms in total. The minimum atomic E-state index is 0.0149. The van der Waals surface area contributed by atoms with E-state index in [4.69, 9.17) is 0 Å². The Morgan fingerprint density at radius 2 is 1.96 bits per heavy atom. The Bertz CT molecular complexity index is 670. The predicted molar refractivity (Wildman–Crippen MR) is 97.0 cm³/mol. The summed E-state index contributed by atoms with van der Waals surface area (Å²) in [6.07, 6.45) is 8.22. The maximum absolute atomic E-state index is 12.3. The number of benzene rings is 1. The van der Waals surface area contributed by atoms with Gasteiger partial charge in [0.2, 0.25) is 5.91 Å². The predicted octanol–water partition coefficient (Wildman–Crippen LogP) is 4.38. The quantitative estimate of drug-likeness (QED) is 0.783. The van der Waals surface area contributed by atoms with E-state index in [1.807, 2.05) is 10.7 Å². The van der Waals surface area contributed by atoms with Crippen molar-refractivity contribution in [1.29, 1.82) is 0 Å². The van der Waals surface area contributed by atoms with Gasteiger partial charge in [0.05, 0.1) is 18.7 Å². The fraction of sp³-hybridized carbons (Fsp3) is 0.500. The Kier molecular flexibility index (Phi) is 5.34. The van der Waals surface area contributed by atoms with E-state index < -0.39 is 0 Å². The molecule has 0 radical (unpaired) electrons. The molecular formula is C20H27N3O. The van der Waals surface area contributed by atoms with Crippen LogP contribution in [0.5, 0.6) is 0 Å². The second-order valence-corrected chi connectivity index (χ2v) is 6.88. The fourth-order valence-electron chi connectivity index (χ4n) is 3.09. The normalized spacial score (nSPS) is 15.2. The zero-order chi connectivity index (χ0) is 16.9. The molecule has 0 saturated heterocycles. The maximum atomic E-state index is 12.3. The van der Waals surface area contributed by atoms with Crippen molar-refractivity contribution in [2.24, 2.45) is 5.92 Å². The molecule has 3 rings (SSSR count). The van der Waals surface area contributed by atoms with Gasteiger partial charge in [-0.15, -0.1) is 0 Å². The zero-order valence-corrected chi connectivity index (χ0v) is 14.7. The average Bonchev–Trinajstić information content (AvgIpc) is 3.33. The Morgan fingerprint density at radius 3 is 2.62 bits per heavy atom. The van der Waals surface area contributed by atoms with Crippen molar-refractivity contribution in [3.05, 3.63) is 47.7 Å². The second kappa shape index (κ2) is 7.65. The summed E-state index contributed by atoms with van der Waals surface area (Å²) >= 11 is 0. The molecule has 1 aromatic carbocycles. The van der Waals surface area contributed by atoms with E-state index in [1.165, 1.54) is 31.2 Å². The summed E-state index contributed by atoms with van der Waals surface area (Å²) in [5.41, 5.74) is 2.39. The molecule has 1 atom stereocenters.